The van der Waals surface area contributed by atoms with Crippen molar-refractivity contribution in [3.63, 3.8) is 0 Å². The van der Waals surface area contributed by atoms with Crippen molar-refractivity contribution in [3.8, 4) is 11.5 Å². The van der Waals surface area contributed by atoms with Gasteiger partial charge >= 0.3 is 5.97 Å². The quantitative estimate of drug-likeness (QED) is 0.498. The molecule has 0 saturated carbocycles. The molecule has 0 spiro atoms. The Morgan fingerprint density at radius 3 is 2.55 bits per heavy atom. The molecule has 33 heavy (non-hydrogen) atoms. The van der Waals surface area contributed by atoms with Crippen molar-refractivity contribution in [1.82, 2.24) is 9.97 Å². The standard InChI is InChI=1S/C24H25N5O4/c1-15-25-13-21-22(9-10-29(14-23(31)32)24(21)26-15)28-18-6-4-8-20(12-18)33-19-7-3-5-17(11-19)27-16(2)30/h3-8,11-13,22,28H,9-10,14H2,1-2H3,(H,27,30)(H,31,32). The van der Waals surface area contributed by atoms with Crippen molar-refractivity contribution in [2.75, 3.05) is 28.6 Å². The van der Waals surface area contributed by atoms with Crippen LogP contribution in [0.2, 0.25) is 0 Å². The van der Waals surface area contributed by atoms with E-state index in [1.165, 1.54) is 6.92 Å². The molecule has 0 radical (unpaired) electrons. The molecule has 1 aliphatic heterocycles. The van der Waals surface area contributed by atoms with E-state index < -0.39 is 5.97 Å². The fraction of sp³-hybridized carbons (Fsp3) is 0.250. The Hall–Kier alpha value is -4.14. The molecule has 0 bridgehead atoms. The monoisotopic (exact) mass is 447 g/mol. The summed E-state index contributed by atoms with van der Waals surface area (Å²) < 4.78 is 5.99. The van der Waals surface area contributed by atoms with E-state index in [9.17, 15) is 14.7 Å². The highest BCUT2D eigenvalue weighted by Gasteiger charge is 2.28. The number of carboxylic acid groups (broad SMARTS) is 1. The lowest BCUT2D eigenvalue weighted by atomic mass is 10.0. The average Bonchev–Trinajstić information content (AvgIpc) is 2.75. The van der Waals surface area contributed by atoms with E-state index in [1.807, 2.05) is 36.4 Å². The number of carbonyl (C=O) groups excluding carboxylic acids is 1. The lowest BCUT2D eigenvalue weighted by molar-refractivity contribution is -0.135. The van der Waals surface area contributed by atoms with Crippen molar-refractivity contribution in [3.05, 3.63) is 66.1 Å². The molecule has 4 rings (SSSR count). The molecule has 1 atom stereocenters. The number of aromatic nitrogens is 2. The number of fused-ring (bicyclic) bond motifs is 1. The molecule has 1 amide bonds. The van der Waals surface area contributed by atoms with Crippen LogP contribution in [0, 0.1) is 6.92 Å². The number of nitrogens with one attached hydrogen (secondary N) is 2. The molecule has 3 N–H and O–H groups in total. The largest absolute Gasteiger partial charge is 0.480 e. The van der Waals surface area contributed by atoms with Gasteiger partial charge in [-0.05, 0) is 37.6 Å². The van der Waals surface area contributed by atoms with Crippen molar-refractivity contribution in [1.29, 1.82) is 0 Å². The van der Waals surface area contributed by atoms with Crippen LogP contribution in [0.3, 0.4) is 0 Å². The Balaban J connectivity index is 1.52. The van der Waals surface area contributed by atoms with Crippen LogP contribution in [0.4, 0.5) is 17.2 Å². The second-order valence-electron chi connectivity index (χ2n) is 7.84. The van der Waals surface area contributed by atoms with Gasteiger partial charge in [0.05, 0.1) is 6.04 Å². The van der Waals surface area contributed by atoms with Gasteiger partial charge in [0.1, 0.15) is 29.7 Å². The van der Waals surface area contributed by atoms with Gasteiger partial charge < -0.3 is 25.4 Å². The summed E-state index contributed by atoms with van der Waals surface area (Å²) >= 11 is 0. The molecule has 1 unspecified atom stereocenters. The Kier molecular flexibility index (Phi) is 6.39. The topological polar surface area (TPSA) is 117 Å². The number of carboxylic acids is 1. The van der Waals surface area contributed by atoms with Crippen molar-refractivity contribution >= 4 is 29.1 Å². The van der Waals surface area contributed by atoms with Crippen LogP contribution in [-0.4, -0.2) is 40.0 Å². The summed E-state index contributed by atoms with van der Waals surface area (Å²) in [4.78, 5) is 33.1. The first-order chi connectivity index (χ1) is 15.9. The second kappa shape index (κ2) is 9.56. The highest BCUT2D eigenvalue weighted by atomic mass is 16.5. The number of ether oxygens (including phenoxy) is 1. The van der Waals surface area contributed by atoms with Gasteiger partial charge in [-0.1, -0.05) is 12.1 Å². The molecule has 170 valence electrons. The zero-order chi connectivity index (χ0) is 23.4. The Morgan fingerprint density at radius 1 is 1.15 bits per heavy atom. The molecule has 0 aliphatic carbocycles. The number of anilines is 3. The minimum atomic E-state index is -0.893. The number of aryl methyl sites for hydroxylation is 1. The minimum absolute atomic E-state index is 0.0658. The summed E-state index contributed by atoms with van der Waals surface area (Å²) in [6.45, 7) is 3.72. The van der Waals surface area contributed by atoms with Gasteiger partial charge in [-0.3, -0.25) is 9.59 Å². The fourth-order valence-electron chi connectivity index (χ4n) is 3.81. The predicted octanol–water partition coefficient (Wildman–Crippen LogP) is 3.98. The van der Waals surface area contributed by atoms with Crippen molar-refractivity contribution in [2.24, 2.45) is 0 Å². The van der Waals surface area contributed by atoms with Crippen LogP contribution >= 0.6 is 0 Å². The van der Waals surface area contributed by atoms with Crippen molar-refractivity contribution < 1.29 is 19.4 Å². The zero-order valence-corrected chi connectivity index (χ0v) is 18.4. The number of rotatable bonds is 7. The first kappa shape index (κ1) is 22.1. The number of aliphatic carboxylic acids is 1. The highest BCUT2D eigenvalue weighted by molar-refractivity contribution is 5.88. The van der Waals surface area contributed by atoms with E-state index in [-0.39, 0.29) is 18.5 Å². The van der Waals surface area contributed by atoms with Crippen LogP contribution in [0.1, 0.15) is 30.8 Å². The Morgan fingerprint density at radius 2 is 1.85 bits per heavy atom. The molecular formula is C24H25N5O4. The van der Waals surface area contributed by atoms with Gasteiger partial charge in [0.25, 0.3) is 0 Å². The predicted molar refractivity (Wildman–Crippen MR) is 125 cm³/mol. The molecule has 0 fully saturated rings. The first-order valence-corrected chi connectivity index (χ1v) is 10.6. The smallest absolute Gasteiger partial charge is 0.323 e. The summed E-state index contributed by atoms with van der Waals surface area (Å²) in [6.07, 6.45) is 2.47. The maximum atomic E-state index is 11.3. The number of amides is 1. The van der Waals surface area contributed by atoms with Gasteiger partial charge in [0.15, 0.2) is 0 Å². The van der Waals surface area contributed by atoms with Crippen LogP contribution < -0.4 is 20.3 Å². The highest BCUT2D eigenvalue weighted by Crippen LogP contribution is 2.35. The third-order valence-electron chi connectivity index (χ3n) is 5.17. The van der Waals surface area contributed by atoms with E-state index in [0.717, 1.165) is 11.3 Å². The molecule has 2 aromatic carbocycles. The summed E-state index contributed by atoms with van der Waals surface area (Å²) in [5, 5.41) is 15.5. The van der Waals surface area contributed by atoms with Gasteiger partial charge in [-0.25, -0.2) is 9.97 Å². The Labute approximate surface area is 191 Å². The van der Waals surface area contributed by atoms with Crippen LogP contribution in [0.25, 0.3) is 0 Å². The van der Waals surface area contributed by atoms with Crippen LogP contribution in [-0.2, 0) is 9.59 Å². The summed E-state index contributed by atoms with van der Waals surface area (Å²) in [7, 11) is 0. The van der Waals surface area contributed by atoms with Crippen LogP contribution in [0.15, 0.2) is 54.7 Å². The lowest BCUT2D eigenvalue weighted by Crippen LogP contribution is -2.38. The van der Waals surface area contributed by atoms with E-state index in [0.29, 0.717) is 41.8 Å². The number of hydrogen-bond acceptors (Lipinski definition) is 7. The number of hydrogen-bond donors (Lipinski definition) is 3. The number of nitrogens with zero attached hydrogens (tertiary/aromatic N) is 3. The fourth-order valence-corrected chi connectivity index (χ4v) is 3.81. The van der Waals surface area contributed by atoms with Crippen LogP contribution in [0.5, 0.6) is 11.5 Å². The summed E-state index contributed by atoms with van der Waals surface area (Å²) in [5.41, 5.74) is 2.38. The SMILES string of the molecule is CC(=O)Nc1cccc(Oc2cccc(NC3CCN(CC(=O)O)c4nc(C)ncc43)c2)c1. The van der Waals surface area contributed by atoms with E-state index >= 15 is 0 Å². The maximum absolute atomic E-state index is 11.3. The van der Waals surface area contributed by atoms with Crippen molar-refractivity contribution in [2.45, 2.75) is 26.3 Å². The second-order valence-corrected chi connectivity index (χ2v) is 7.84. The van der Waals surface area contributed by atoms with Gasteiger partial charge in [-0.15, -0.1) is 0 Å². The normalized spacial score (nSPS) is 14.8. The van der Waals surface area contributed by atoms with Gasteiger partial charge in [0.2, 0.25) is 5.91 Å². The molecule has 0 saturated heterocycles. The molecule has 3 aromatic rings. The molecule has 2 heterocycles. The number of benzene rings is 2. The molecule has 9 heteroatoms. The number of carbonyl (C=O) groups is 2. The first-order valence-electron chi connectivity index (χ1n) is 10.6. The third-order valence-corrected chi connectivity index (χ3v) is 5.17. The molecule has 1 aliphatic rings. The Bertz CT molecular complexity index is 1180. The minimum Gasteiger partial charge on any atom is -0.480 e. The van der Waals surface area contributed by atoms with E-state index in [2.05, 4.69) is 20.6 Å². The average molecular weight is 447 g/mol. The molecule has 9 nitrogen and oxygen atoms in total. The van der Waals surface area contributed by atoms with Gasteiger partial charge in [0, 0.05) is 48.7 Å². The molecule has 1 aromatic heterocycles. The third kappa shape index (κ3) is 5.57. The van der Waals surface area contributed by atoms with Gasteiger partial charge in [-0.2, -0.15) is 0 Å². The molecular weight excluding hydrogens is 422 g/mol. The lowest BCUT2D eigenvalue weighted by Gasteiger charge is -2.34. The zero-order valence-electron chi connectivity index (χ0n) is 18.4. The van der Waals surface area contributed by atoms with E-state index in [4.69, 9.17) is 4.74 Å². The van der Waals surface area contributed by atoms with E-state index in [1.54, 1.807) is 30.2 Å². The maximum Gasteiger partial charge on any atom is 0.323 e. The summed E-state index contributed by atoms with van der Waals surface area (Å²) in [5.74, 6) is 1.46. The summed E-state index contributed by atoms with van der Waals surface area (Å²) in [6, 6.07) is 14.7.